The van der Waals surface area contributed by atoms with Crippen molar-refractivity contribution in [2.75, 3.05) is 59.5 Å². The number of carbonyl (C=O) groups excluding carboxylic acids is 2. The van der Waals surface area contributed by atoms with Crippen molar-refractivity contribution in [2.24, 2.45) is 5.92 Å². The topological polar surface area (TPSA) is 73.9 Å². The Bertz CT molecular complexity index is 433. The molecule has 2 rings (SSSR count). The fourth-order valence-electron chi connectivity index (χ4n) is 3.76. The second-order valence-electron chi connectivity index (χ2n) is 7.46. The van der Waals surface area contributed by atoms with Gasteiger partial charge in [-0.1, -0.05) is 0 Å². The van der Waals surface area contributed by atoms with Gasteiger partial charge in [-0.05, 0) is 51.6 Å². The van der Waals surface area contributed by atoms with Gasteiger partial charge in [-0.15, -0.1) is 0 Å². The van der Waals surface area contributed by atoms with E-state index < -0.39 is 0 Å². The molecule has 0 aliphatic carbocycles. The molecular weight excluding hydrogens is 332 g/mol. The van der Waals surface area contributed by atoms with Gasteiger partial charge in [0.2, 0.25) is 11.8 Å². The molecule has 0 radical (unpaired) electrons. The van der Waals surface area contributed by atoms with Gasteiger partial charge in [-0.2, -0.15) is 0 Å². The summed E-state index contributed by atoms with van der Waals surface area (Å²) in [6, 6.07) is -0.149. The maximum atomic E-state index is 12.5. The lowest BCUT2D eigenvalue weighted by Gasteiger charge is -2.37. The van der Waals surface area contributed by atoms with Crippen molar-refractivity contribution in [3.8, 4) is 0 Å². The zero-order valence-electron chi connectivity index (χ0n) is 16.5. The van der Waals surface area contributed by atoms with Gasteiger partial charge in [0.15, 0.2) is 0 Å². The van der Waals surface area contributed by atoms with E-state index in [2.05, 4.69) is 15.5 Å². The van der Waals surface area contributed by atoms with E-state index >= 15 is 0 Å². The highest BCUT2D eigenvalue weighted by molar-refractivity contribution is 5.81. The summed E-state index contributed by atoms with van der Waals surface area (Å²) in [6.45, 7) is 8.42. The summed E-state index contributed by atoms with van der Waals surface area (Å²) >= 11 is 0. The molecule has 2 aliphatic rings. The van der Waals surface area contributed by atoms with Crippen molar-refractivity contribution >= 4 is 11.8 Å². The van der Waals surface area contributed by atoms with Crippen LogP contribution >= 0.6 is 0 Å². The summed E-state index contributed by atoms with van der Waals surface area (Å²) in [4.78, 5) is 28.8. The van der Waals surface area contributed by atoms with Crippen LogP contribution < -0.4 is 10.6 Å². The summed E-state index contributed by atoms with van der Waals surface area (Å²) in [6.07, 6.45) is 4.89. The molecule has 2 saturated heterocycles. The second-order valence-corrected chi connectivity index (χ2v) is 7.46. The van der Waals surface area contributed by atoms with Gasteiger partial charge in [-0.25, -0.2) is 0 Å². The lowest BCUT2D eigenvalue weighted by Crippen LogP contribution is -2.55. The molecular formula is C19H36N4O3. The van der Waals surface area contributed by atoms with Gasteiger partial charge in [0.1, 0.15) is 0 Å². The molecule has 0 bridgehead atoms. The Morgan fingerprint density at radius 3 is 2.54 bits per heavy atom. The van der Waals surface area contributed by atoms with E-state index in [1.165, 1.54) is 12.8 Å². The predicted molar refractivity (Wildman–Crippen MR) is 102 cm³/mol. The zero-order chi connectivity index (χ0) is 18.8. The van der Waals surface area contributed by atoms with Crippen LogP contribution in [0.4, 0.5) is 0 Å². The maximum Gasteiger partial charge on any atom is 0.237 e. The highest BCUT2D eigenvalue weighted by Crippen LogP contribution is 2.19. The minimum absolute atomic E-state index is 0.0618. The highest BCUT2D eigenvalue weighted by Gasteiger charge is 2.27. The second kappa shape index (κ2) is 11.5. The fraction of sp³-hybridized carbons (Fsp3) is 0.895. The first kappa shape index (κ1) is 21.1. The minimum Gasteiger partial charge on any atom is -0.385 e. The molecule has 2 aliphatic heterocycles. The molecule has 1 atom stereocenters. The van der Waals surface area contributed by atoms with Gasteiger partial charge in [0.25, 0.3) is 0 Å². The summed E-state index contributed by atoms with van der Waals surface area (Å²) in [5, 5.41) is 6.33. The molecule has 0 saturated carbocycles. The van der Waals surface area contributed by atoms with E-state index in [9.17, 15) is 9.59 Å². The lowest BCUT2D eigenvalue weighted by molar-refractivity contribution is -0.134. The lowest BCUT2D eigenvalue weighted by atomic mass is 9.93. The Morgan fingerprint density at radius 2 is 1.88 bits per heavy atom. The normalized spacial score (nSPS) is 20.8. The van der Waals surface area contributed by atoms with Gasteiger partial charge in [0.05, 0.1) is 6.04 Å². The van der Waals surface area contributed by atoms with Crippen LogP contribution in [0.25, 0.3) is 0 Å². The van der Waals surface area contributed by atoms with Crippen molar-refractivity contribution in [1.82, 2.24) is 20.4 Å². The third-order valence-corrected chi connectivity index (χ3v) is 5.64. The Kier molecular flexibility index (Phi) is 9.36. The van der Waals surface area contributed by atoms with E-state index in [0.717, 1.165) is 52.1 Å². The summed E-state index contributed by atoms with van der Waals surface area (Å²) in [5.41, 5.74) is 0. The van der Waals surface area contributed by atoms with E-state index in [-0.39, 0.29) is 17.9 Å². The molecule has 1 unspecified atom stereocenters. The van der Waals surface area contributed by atoms with Crippen molar-refractivity contribution in [1.29, 1.82) is 0 Å². The van der Waals surface area contributed by atoms with Crippen LogP contribution in [0.1, 0.15) is 39.0 Å². The Morgan fingerprint density at radius 1 is 1.19 bits per heavy atom. The third kappa shape index (κ3) is 6.85. The number of nitrogens with zero attached hydrogens (tertiary/aromatic N) is 2. The number of carbonyl (C=O) groups is 2. The number of methoxy groups -OCH3 is 1. The molecule has 7 heteroatoms. The van der Waals surface area contributed by atoms with Crippen LogP contribution in [0.2, 0.25) is 0 Å². The SMILES string of the molecule is COCCCNC(=O)C(C)N1CCN(C(=O)CCC2CCNCC2)CC1. The molecule has 26 heavy (non-hydrogen) atoms. The average Bonchev–Trinajstić information content (AvgIpc) is 2.69. The van der Waals surface area contributed by atoms with Crippen LogP contribution in [0.5, 0.6) is 0 Å². The molecule has 0 aromatic rings. The number of hydrogen-bond acceptors (Lipinski definition) is 5. The first-order valence-corrected chi connectivity index (χ1v) is 10.1. The van der Waals surface area contributed by atoms with Crippen molar-refractivity contribution in [3.05, 3.63) is 0 Å². The van der Waals surface area contributed by atoms with Crippen LogP contribution in [-0.4, -0.2) is 87.2 Å². The van der Waals surface area contributed by atoms with Gasteiger partial charge < -0.3 is 20.3 Å². The Labute approximate surface area is 157 Å². The zero-order valence-corrected chi connectivity index (χ0v) is 16.5. The number of piperazine rings is 1. The van der Waals surface area contributed by atoms with Crippen molar-refractivity contribution in [3.63, 3.8) is 0 Å². The van der Waals surface area contributed by atoms with Gasteiger partial charge >= 0.3 is 0 Å². The largest absolute Gasteiger partial charge is 0.385 e. The molecule has 0 spiro atoms. The first-order valence-electron chi connectivity index (χ1n) is 10.1. The number of rotatable bonds is 9. The van der Waals surface area contributed by atoms with Gasteiger partial charge in [-0.3, -0.25) is 14.5 Å². The molecule has 2 heterocycles. The standard InChI is InChI=1S/C19H36N4O3/c1-16(19(25)21-8-3-15-26-2)22-11-13-23(14-12-22)18(24)5-4-17-6-9-20-10-7-17/h16-17,20H,3-15H2,1-2H3,(H,21,25). The number of ether oxygens (including phenoxy) is 1. The van der Waals surface area contributed by atoms with E-state index in [0.29, 0.717) is 25.5 Å². The van der Waals surface area contributed by atoms with Crippen LogP contribution in [0.3, 0.4) is 0 Å². The molecule has 2 amide bonds. The van der Waals surface area contributed by atoms with Crippen LogP contribution in [0, 0.1) is 5.92 Å². The predicted octanol–water partition coefficient (Wildman–Crippen LogP) is 0.452. The van der Waals surface area contributed by atoms with Gasteiger partial charge in [0, 0.05) is 52.9 Å². The molecule has 150 valence electrons. The smallest absolute Gasteiger partial charge is 0.237 e. The Hall–Kier alpha value is -1.18. The first-order chi connectivity index (χ1) is 12.6. The molecule has 2 N–H and O–H groups in total. The molecule has 2 fully saturated rings. The number of piperidine rings is 1. The molecule has 7 nitrogen and oxygen atoms in total. The molecule has 0 aromatic carbocycles. The van der Waals surface area contributed by atoms with Crippen molar-refractivity contribution in [2.45, 2.75) is 45.1 Å². The highest BCUT2D eigenvalue weighted by atomic mass is 16.5. The van der Waals surface area contributed by atoms with E-state index in [4.69, 9.17) is 4.74 Å². The summed E-state index contributed by atoms with van der Waals surface area (Å²) in [7, 11) is 1.66. The maximum absolute atomic E-state index is 12.5. The van der Waals surface area contributed by atoms with E-state index in [1.54, 1.807) is 7.11 Å². The quantitative estimate of drug-likeness (QED) is 0.578. The van der Waals surface area contributed by atoms with Crippen LogP contribution in [0.15, 0.2) is 0 Å². The fourth-order valence-corrected chi connectivity index (χ4v) is 3.76. The van der Waals surface area contributed by atoms with Crippen molar-refractivity contribution < 1.29 is 14.3 Å². The van der Waals surface area contributed by atoms with Crippen LogP contribution in [-0.2, 0) is 14.3 Å². The minimum atomic E-state index is -0.149. The summed E-state index contributed by atoms with van der Waals surface area (Å²) in [5.74, 6) is 1.04. The number of amides is 2. The monoisotopic (exact) mass is 368 g/mol. The number of hydrogen-bond donors (Lipinski definition) is 2. The third-order valence-electron chi connectivity index (χ3n) is 5.64. The summed E-state index contributed by atoms with van der Waals surface area (Å²) < 4.78 is 4.99. The Balaban J connectivity index is 1.63. The molecule has 0 aromatic heterocycles. The number of nitrogens with one attached hydrogen (secondary N) is 2. The average molecular weight is 369 g/mol. The van der Waals surface area contributed by atoms with E-state index in [1.807, 2.05) is 11.8 Å².